The molecule has 4 heteroatoms. The van der Waals surface area contributed by atoms with Gasteiger partial charge in [0.25, 0.3) is 0 Å². The Morgan fingerprint density at radius 2 is 1.83 bits per heavy atom. The summed E-state index contributed by atoms with van der Waals surface area (Å²) in [4.78, 5) is 0. The van der Waals surface area contributed by atoms with E-state index in [4.69, 9.17) is 0 Å². The van der Waals surface area contributed by atoms with Crippen LogP contribution in [0.25, 0.3) is 0 Å². The number of aliphatic hydroxyl groups is 1. The molecule has 0 saturated heterocycles. The predicted octanol–water partition coefficient (Wildman–Crippen LogP) is 2.70. The normalized spacial score (nSPS) is 28.3. The van der Waals surface area contributed by atoms with E-state index >= 15 is 0 Å². The second-order valence-electron chi connectivity index (χ2n) is 4.96. The average molecular weight is 255 g/mol. The van der Waals surface area contributed by atoms with E-state index in [9.17, 15) is 13.9 Å². The molecule has 0 atom stereocenters. The van der Waals surface area contributed by atoms with Crippen molar-refractivity contribution in [2.45, 2.75) is 44.2 Å². The third-order valence-corrected chi connectivity index (χ3v) is 3.73. The van der Waals surface area contributed by atoms with E-state index < -0.39 is 17.2 Å². The Labute approximate surface area is 106 Å². The van der Waals surface area contributed by atoms with Crippen LogP contribution in [0.1, 0.15) is 38.2 Å². The summed E-state index contributed by atoms with van der Waals surface area (Å²) in [5.41, 5.74) is -1.53. The van der Waals surface area contributed by atoms with E-state index in [-0.39, 0.29) is 5.56 Å². The first-order chi connectivity index (χ1) is 8.57. The predicted molar refractivity (Wildman–Crippen MR) is 66.2 cm³/mol. The van der Waals surface area contributed by atoms with Crippen LogP contribution in [0, 0.1) is 11.6 Å². The maximum Gasteiger partial charge on any atom is 0.132 e. The van der Waals surface area contributed by atoms with Crippen molar-refractivity contribution in [2.75, 3.05) is 6.54 Å². The van der Waals surface area contributed by atoms with Crippen molar-refractivity contribution in [3.8, 4) is 0 Å². The van der Waals surface area contributed by atoms with E-state index in [0.29, 0.717) is 18.9 Å². The SMILES string of the molecule is CCNC1CCC(O)(c2c(F)cccc2F)CC1. The number of halogens is 2. The minimum atomic E-state index is -1.36. The fraction of sp³-hybridized carbons (Fsp3) is 0.571. The van der Waals surface area contributed by atoms with Gasteiger partial charge in [-0.1, -0.05) is 13.0 Å². The van der Waals surface area contributed by atoms with E-state index in [1.165, 1.54) is 18.2 Å². The molecule has 0 amide bonds. The van der Waals surface area contributed by atoms with Gasteiger partial charge in [-0.2, -0.15) is 0 Å². The fourth-order valence-electron chi connectivity index (χ4n) is 2.78. The molecule has 1 aromatic carbocycles. The summed E-state index contributed by atoms with van der Waals surface area (Å²) in [6.07, 6.45) is 2.25. The van der Waals surface area contributed by atoms with E-state index in [1.807, 2.05) is 6.92 Å². The first-order valence-corrected chi connectivity index (χ1v) is 6.47. The lowest BCUT2D eigenvalue weighted by atomic mass is 9.77. The van der Waals surface area contributed by atoms with Crippen LogP contribution in [0.3, 0.4) is 0 Å². The molecule has 0 bridgehead atoms. The minimum absolute atomic E-state index is 0.167. The zero-order valence-corrected chi connectivity index (χ0v) is 10.5. The number of hydrogen-bond donors (Lipinski definition) is 2. The summed E-state index contributed by atoms with van der Waals surface area (Å²) in [5.74, 6) is -1.31. The third kappa shape index (κ3) is 2.54. The zero-order valence-electron chi connectivity index (χ0n) is 10.5. The average Bonchev–Trinajstić information content (AvgIpc) is 2.32. The van der Waals surface area contributed by atoms with Crippen molar-refractivity contribution in [3.05, 3.63) is 35.4 Å². The van der Waals surface area contributed by atoms with E-state index in [1.54, 1.807) is 0 Å². The number of hydrogen-bond acceptors (Lipinski definition) is 2. The monoisotopic (exact) mass is 255 g/mol. The Bertz CT molecular complexity index is 394. The van der Waals surface area contributed by atoms with Crippen molar-refractivity contribution >= 4 is 0 Å². The number of rotatable bonds is 3. The quantitative estimate of drug-likeness (QED) is 0.870. The smallest absolute Gasteiger partial charge is 0.132 e. The largest absolute Gasteiger partial charge is 0.385 e. The highest BCUT2D eigenvalue weighted by atomic mass is 19.1. The van der Waals surface area contributed by atoms with Gasteiger partial charge >= 0.3 is 0 Å². The lowest BCUT2D eigenvalue weighted by Gasteiger charge is -2.37. The highest BCUT2D eigenvalue weighted by molar-refractivity contribution is 5.27. The molecule has 2 nitrogen and oxygen atoms in total. The molecule has 0 heterocycles. The topological polar surface area (TPSA) is 32.3 Å². The van der Waals surface area contributed by atoms with Crippen LogP contribution < -0.4 is 5.32 Å². The summed E-state index contributed by atoms with van der Waals surface area (Å²) in [5, 5.41) is 13.8. The van der Waals surface area contributed by atoms with Crippen LogP contribution >= 0.6 is 0 Å². The first kappa shape index (κ1) is 13.4. The lowest BCUT2D eigenvalue weighted by Crippen LogP contribution is -2.40. The molecule has 1 fully saturated rings. The molecule has 2 N–H and O–H groups in total. The Hall–Kier alpha value is -1.00. The molecule has 0 aromatic heterocycles. The van der Waals surface area contributed by atoms with Gasteiger partial charge in [-0.25, -0.2) is 8.78 Å². The fourth-order valence-corrected chi connectivity index (χ4v) is 2.78. The molecule has 1 aliphatic rings. The zero-order chi connectivity index (χ0) is 13.2. The third-order valence-electron chi connectivity index (χ3n) is 3.73. The van der Waals surface area contributed by atoms with Gasteiger partial charge < -0.3 is 10.4 Å². The van der Waals surface area contributed by atoms with Crippen LogP contribution in [0.2, 0.25) is 0 Å². The maximum atomic E-state index is 13.7. The van der Waals surface area contributed by atoms with Crippen molar-refractivity contribution in [3.63, 3.8) is 0 Å². The highest BCUT2D eigenvalue weighted by Crippen LogP contribution is 2.39. The Morgan fingerprint density at radius 3 is 2.33 bits per heavy atom. The molecular formula is C14H19F2NO. The lowest BCUT2D eigenvalue weighted by molar-refractivity contribution is -0.0142. The summed E-state index contributed by atoms with van der Waals surface area (Å²) >= 11 is 0. The maximum absolute atomic E-state index is 13.7. The Balaban J connectivity index is 2.18. The van der Waals surface area contributed by atoms with Gasteiger partial charge in [0, 0.05) is 6.04 Å². The Morgan fingerprint density at radius 1 is 1.28 bits per heavy atom. The first-order valence-electron chi connectivity index (χ1n) is 6.47. The second-order valence-corrected chi connectivity index (χ2v) is 4.96. The molecule has 1 aromatic rings. The van der Waals surface area contributed by atoms with Crippen molar-refractivity contribution < 1.29 is 13.9 Å². The van der Waals surface area contributed by atoms with Gasteiger partial charge in [-0.05, 0) is 44.4 Å². The molecule has 18 heavy (non-hydrogen) atoms. The summed E-state index contributed by atoms with van der Waals surface area (Å²) in [6, 6.07) is 4.06. The summed E-state index contributed by atoms with van der Waals surface area (Å²) in [7, 11) is 0. The second kappa shape index (κ2) is 5.33. The van der Waals surface area contributed by atoms with Crippen LogP contribution in [-0.4, -0.2) is 17.7 Å². The number of benzene rings is 1. The van der Waals surface area contributed by atoms with Crippen molar-refractivity contribution in [1.82, 2.24) is 5.32 Å². The highest BCUT2D eigenvalue weighted by Gasteiger charge is 2.38. The molecule has 1 aliphatic carbocycles. The molecular weight excluding hydrogens is 236 g/mol. The van der Waals surface area contributed by atoms with Gasteiger partial charge in [0.2, 0.25) is 0 Å². The van der Waals surface area contributed by atoms with Gasteiger partial charge in [0.15, 0.2) is 0 Å². The molecule has 0 unspecified atom stereocenters. The standard InChI is InChI=1S/C14H19F2NO/c1-2-17-10-6-8-14(18,9-7-10)13-11(15)4-3-5-12(13)16/h3-5,10,17-18H,2,6-9H2,1H3. The summed E-state index contributed by atoms with van der Waals surface area (Å²) in [6.45, 7) is 2.90. The van der Waals surface area contributed by atoms with E-state index in [2.05, 4.69) is 5.32 Å². The van der Waals surface area contributed by atoms with Gasteiger partial charge in [0.05, 0.1) is 11.2 Å². The van der Waals surface area contributed by atoms with Crippen LogP contribution in [0.4, 0.5) is 8.78 Å². The molecule has 0 spiro atoms. The van der Waals surface area contributed by atoms with Gasteiger partial charge in [-0.15, -0.1) is 0 Å². The summed E-state index contributed by atoms with van der Waals surface area (Å²) < 4.78 is 27.4. The molecule has 0 aliphatic heterocycles. The Kier molecular flexibility index (Phi) is 3.97. The molecule has 100 valence electrons. The molecule has 0 radical (unpaired) electrons. The number of nitrogens with one attached hydrogen (secondary N) is 1. The van der Waals surface area contributed by atoms with Crippen LogP contribution in [0.15, 0.2) is 18.2 Å². The van der Waals surface area contributed by atoms with Gasteiger partial charge in [-0.3, -0.25) is 0 Å². The molecule has 2 rings (SSSR count). The van der Waals surface area contributed by atoms with Crippen molar-refractivity contribution in [2.24, 2.45) is 0 Å². The van der Waals surface area contributed by atoms with Gasteiger partial charge in [0.1, 0.15) is 11.6 Å². The van der Waals surface area contributed by atoms with Crippen LogP contribution in [0.5, 0.6) is 0 Å². The van der Waals surface area contributed by atoms with E-state index in [0.717, 1.165) is 19.4 Å². The minimum Gasteiger partial charge on any atom is -0.385 e. The van der Waals surface area contributed by atoms with Crippen molar-refractivity contribution in [1.29, 1.82) is 0 Å². The van der Waals surface area contributed by atoms with Crippen LogP contribution in [-0.2, 0) is 5.60 Å². The molecule has 1 saturated carbocycles.